The van der Waals surface area contributed by atoms with Gasteiger partial charge in [0.15, 0.2) is 5.65 Å². The van der Waals surface area contributed by atoms with Gasteiger partial charge in [-0.15, -0.1) is 10.2 Å². The minimum Gasteiger partial charge on any atom is -0.351 e. The van der Waals surface area contributed by atoms with Gasteiger partial charge < -0.3 is 5.32 Å². The second kappa shape index (κ2) is 8.06. The minimum atomic E-state index is 0.0294. The van der Waals surface area contributed by atoms with Crippen LogP contribution in [0.4, 0.5) is 0 Å². The Morgan fingerprint density at radius 2 is 2.15 bits per heavy atom. The smallest absolute Gasteiger partial charge is 0.234 e. The van der Waals surface area contributed by atoms with Gasteiger partial charge in [0, 0.05) is 30.2 Å². The Labute approximate surface area is 163 Å². The Hall–Kier alpha value is -2.44. The molecule has 1 atom stereocenters. The number of rotatable bonds is 5. The van der Waals surface area contributed by atoms with Crippen LogP contribution in [0.3, 0.4) is 0 Å². The molecule has 4 rings (SSSR count). The third kappa shape index (κ3) is 4.28. The van der Waals surface area contributed by atoms with E-state index in [2.05, 4.69) is 20.4 Å². The summed E-state index contributed by atoms with van der Waals surface area (Å²) < 4.78 is 2.05. The van der Waals surface area contributed by atoms with Gasteiger partial charge >= 0.3 is 0 Å². The van der Waals surface area contributed by atoms with Crippen molar-refractivity contribution >= 4 is 23.2 Å². The molecule has 0 aliphatic carbocycles. The van der Waals surface area contributed by atoms with Crippen LogP contribution < -0.4 is 5.32 Å². The molecule has 7 heteroatoms. The summed E-state index contributed by atoms with van der Waals surface area (Å²) in [6, 6.07) is 13.5. The van der Waals surface area contributed by atoms with E-state index in [1.165, 1.54) is 0 Å². The van der Waals surface area contributed by atoms with Crippen LogP contribution >= 0.6 is 11.6 Å². The molecule has 1 aliphatic rings. The van der Waals surface area contributed by atoms with Crippen molar-refractivity contribution in [1.82, 2.24) is 24.8 Å². The molecule has 0 bridgehead atoms. The number of carbonyl (C=O) groups excluding carboxylic acids is 1. The van der Waals surface area contributed by atoms with E-state index in [4.69, 9.17) is 11.6 Å². The lowest BCUT2D eigenvalue weighted by molar-refractivity contribution is -0.122. The van der Waals surface area contributed by atoms with Gasteiger partial charge in [0.25, 0.3) is 0 Å². The highest BCUT2D eigenvalue weighted by molar-refractivity contribution is 6.30. The average molecular weight is 384 g/mol. The Bertz CT molecular complexity index is 941. The standard InChI is InChI=1S/C20H22ClN5O/c21-17-7-3-5-15(11-17)12-22-19(27)14-25-9-4-6-16(13-25)20-24-23-18-8-1-2-10-26(18)20/h1-3,5,7-8,10-11,16H,4,6,9,12-14H2,(H,22,27)/t16-/m1/s1. The normalized spacial score (nSPS) is 17.9. The summed E-state index contributed by atoms with van der Waals surface area (Å²) in [4.78, 5) is 14.6. The molecule has 1 aromatic carbocycles. The van der Waals surface area contributed by atoms with E-state index in [1.807, 2.05) is 53.1 Å². The van der Waals surface area contributed by atoms with Gasteiger partial charge in [0.05, 0.1) is 6.54 Å². The number of amides is 1. The number of carbonyl (C=O) groups is 1. The highest BCUT2D eigenvalue weighted by Gasteiger charge is 2.26. The average Bonchev–Trinajstić information content (AvgIpc) is 3.11. The summed E-state index contributed by atoms with van der Waals surface area (Å²) in [5, 5.41) is 12.3. The maximum absolute atomic E-state index is 12.4. The van der Waals surface area contributed by atoms with Crippen LogP contribution in [0.15, 0.2) is 48.7 Å². The number of likely N-dealkylation sites (tertiary alicyclic amines) is 1. The van der Waals surface area contributed by atoms with Crippen LogP contribution in [0.2, 0.25) is 5.02 Å². The van der Waals surface area contributed by atoms with E-state index in [-0.39, 0.29) is 11.8 Å². The zero-order valence-electron chi connectivity index (χ0n) is 15.0. The fraction of sp³-hybridized carbons (Fsp3) is 0.350. The summed E-state index contributed by atoms with van der Waals surface area (Å²) in [5.74, 6) is 1.30. The lowest BCUT2D eigenvalue weighted by atomic mass is 9.97. The summed E-state index contributed by atoms with van der Waals surface area (Å²) in [5.41, 5.74) is 1.87. The van der Waals surface area contributed by atoms with Gasteiger partial charge in [-0.1, -0.05) is 29.8 Å². The molecule has 1 N–H and O–H groups in total. The van der Waals surface area contributed by atoms with Crippen molar-refractivity contribution in [2.45, 2.75) is 25.3 Å². The zero-order valence-corrected chi connectivity index (χ0v) is 15.8. The number of aromatic nitrogens is 3. The fourth-order valence-electron chi connectivity index (χ4n) is 3.65. The maximum atomic E-state index is 12.4. The quantitative estimate of drug-likeness (QED) is 0.735. The largest absolute Gasteiger partial charge is 0.351 e. The van der Waals surface area contributed by atoms with Gasteiger partial charge in [-0.2, -0.15) is 0 Å². The first-order chi connectivity index (χ1) is 13.2. The lowest BCUT2D eigenvalue weighted by Gasteiger charge is -2.31. The number of nitrogens with one attached hydrogen (secondary N) is 1. The van der Waals surface area contributed by atoms with E-state index in [9.17, 15) is 4.79 Å². The predicted molar refractivity (Wildman–Crippen MR) is 105 cm³/mol. The van der Waals surface area contributed by atoms with Gasteiger partial charge in [0.1, 0.15) is 5.82 Å². The minimum absolute atomic E-state index is 0.0294. The third-order valence-corrected chi connectivity index (χ3v) is 5.19. The third-order valence-electron chi connectivity index (χ3n) is 4.96. The monoisotopic (exact) mass is 383 g/mol. The first-order valence-corrected chi connectivity index (χ1v) is 9.60. The van der Waals surface area contributed by atoms with Crippen LogP contribution in [0, 0.1) is 0 Å². The van der Waals surface area contributed by atoms with Crippen molar-refractivity contribution in [1.29, 1.82) is 0 Å². The predicted octanol–water partition coefficient (Wildman–Crippen LogP) is 2.88. The maximum Gasteiger partial charge on any atom is 0.234 e. The van der Waals surface area contributed by atoms with Gasteiger partial charge in [-0.25, -0.2) is 0 Å². The number of fused-ring (bicyclic) bond motifs is 1. The molecule has 0 saturated carbocycles. The summed E-state index contributed by atoms with van der Waals surface area (Å²) >= 11 is 5.99. The Kier molecular flexibility index (Phi) is 5.36. The van der Waals surface area contributed by atoms with Crippen LogP contribution in [0.5, 0.6) is 0 Å². The molecule has 1 aliphatic heterocycles. The van der Waals surface area contributed by atoms with E-state index >= 15 is 0 Å². The molecule has 0 unspecified atom stereocenters. The van der Waals surface area contributed by atoms with E-state index in [0.717, 1.165) is 43.0 Å². The molecule has 1 fully saturated rings. The molecule has 1 amide bonds. The van der Waals surface area contributed by atoms with Crippen LogP contribution in [-0.2, 0) is 11.3 Å². The summed E-state index contributed by atoms with van der Waals surface area (Å²) in [6.07, 6.45) is 4.12. The number of pyridine rings is 1. The second-order valence-corrected chi connectivity index (χ2v) is 7.40. The number of halogens is 1. The molecule has 2 aromatic heterocycles. The highest BCUT2D eigenvalue weighted by atomic mass is 35.5. The molecule has 3 aromatic rings. The molecule has 140 valence electrons. The lowest BCUT2D eigenvalue weighted by Crippen LogP contribution is -2.42. The van der Waals surface area contributed by atoms with Gasteiger partial charge in [-0.05, 0) is 49.2 Å². The Morgan fingerprint density at radius 1 is 1.22 bits per heavy atom. The van der Waals surface area contributed by atoms with E-state index in [0.29, 0.717) is 18.1 Å². The van der Waals surface area contributed by atoms with Crippen molar-refractivity contribution in [3.05, 3.63) is 65.1 Å². The van der Waals surface area contributed by atoms with Crippen LogP contribution in [0.25, 0.3) is 5.65 Å². The number of hydrogen-bond donors (Lipinski definition) is 1. The topological polar surface area (TPSA) is 62.5 Å². The van der Waals surface area contributed by atoms with Gasteiger partial charge in [-0.3, -0.25) is 14.1 Å². The molecule has 6 nitrogen and oxygen atoms in total. The molecule has 27 heavy (non-hydrogen) atoms. The van der Waals surface area contributed by atoms with Crippen LogP contribution in [-0.4, -0.2) is 45.0 Å². The number of benzene rings is 1. The highest BCUT2D eigenvalue weighted by Crippen LogP contribution is 2.25. The first-order valence-electron chi connectivity index (χ1n) is 9.22. The fourth-order valence-corrected chi connectivity index (χ4v) is 3.87. The molecule has 0 spiro atoms. The van der Waals surface area contributed by atoms with Crippen molar-refractivity contribution in [3.8, 4) is 0 Å². The molecular weight excluding hydrogens is 362 g/mol. The second-order valence-electron chi connectivity index (χ2n) is 6.97. The van der Waals surface area contributed by atoms with Crippen molar-refractivity contribution < 1.29 is 4.79 Å². The molecule has 0 radical (unpaired) electrons. The van der Waals surface area contributed by atoms with Crippen LogP contribution in [0.1, 0.15) is 30.1 Å². The first kappa shape index (κ1) is 17.9. The van der Waals surface area contributed by atoms with Crippen molar-refractivity contribution in [3.63, 3.8) is 0 Å². The Morgan fingerprint density at radius 3 is 3.04 bits per heavy atom. The van der Waals surface area contributed by atoms with Crippen molar-refractivity contribution in [2.24, 2.45) is 0 Å². The van der Waals surface area contributed by atoms with E-state index < -0.39 is 0 Å². The zero-order chi connectivity index (χ0) is 18.6. The number of piperidine rings is 1. The number of nitrogens with zero attached hydrogens (tertiary/aromatic N) is 4. The van der Waals surface area contributed by atoms with Crippen molar-refractivity contribution in [2.75, 3.05) is 19.6 Å². The van der Waals surface area contributed by atoms with E-state index in [1.54, 1.807) is 0 Å². The molecule has 3 heterocycles. The molecular formula is C20H22ClN5O. The summed E-state index contributed by atoms with van der Waals surface area (Å²) in [6.45, 7) is 2.64. The summed E-state index contributed by atoms with van der Waals surface area (Å²) in [7, 11) is 0. The van der Waals surface area contributed by atoms with Gasteiger partial charge in [0.2, 0.25) is 5.91 Å². The Balaban J connectivity index is 1.35. The molecule has 1 saturated heterocycles. The SMILES string of the molecule is O=C(CN1CCC[C@@H](c2nnc3ccccn23)C1)NCc1cccc(Cl)c1. The number of hydrogen-bond acceptors (Lipinski definition) is 4.